The Balaban J connectivity index is 3.46. The molecule has 0 aliphatic heterocycles. The second kappa shape index (κ2) is 14.4. The summed E-state index contributed by atoms with van der Waals surface area (Å²) in [4.78, 5) is 41.0. The zero-order chi connectivity index (χ0) is 26.6. The summed E-state index contributed by atoms with van der Waals surface area (Å²) in [5.41, 5.74) is 0.221. The van der Waals surface area contributed by atoms with Gasteiger partial charge in [-0.25, -0.2) is 4.79 Å². The van der Waals surface area contributed by atoms with Gasteiger partial charge in [0.1, 0.15) is 17.7 Å². The van der Waals surface area contributed by atoms with E-state index in [9.17, 15) is 19.5 Å². The fourth-order valence-corrected chi connectivity index (χ4v) is 3.67. The Morgan fingerprint density at radius 3 is 2.34 bits per heavy atom. The van der Waals surface area contributed by atoms with Gasteiger partial charge in [-0.1, -0.05) is 50.8 Å². The van der Waals surface area contributed by atoms with E-state index < -0.39 is 36.3 Å². The molecule has 3 unspecified atom stereocenters. The van der Waals surface area contributed by atoms with Crippen molar-refractivity contribution in [3.8, 4) is 12.3 Å². The van der Waals surface area contributed by atoms with Crippen molar-refractivity contribution in [2.24, 2.45) is 0 Å². The SMILES string of the molecule is C#Cc1ccccc1C(C(=O)NC(C)CCC)N(CCCC)C(=O)C(CO)NC(=O)OC(C)(C)C. The summed E-state index contributed by atoms with van der Waals surface area (Å²) < 4.78 is 5.25. The number of benzene rings is 1. The van der Waals surface area contributed by atoms with Crippen LogP contribution in [0, 0.1) is 12.3 Å². The molecule has 0 saturated carbocycles. The average Bonchev–Trinajstić information content (AvgIpc) is 2.78. The third kappa shape index (κ3) is 9.61. The molecule has 0 aliphatic rings. The van der Waals surface area contributed by atoms with Crippen molar-refractivity contribution >= 4 is 17.9 Å². The minimum absolute atomic E-state index is 0.107. The number of aliphatic hydroxyl groups is 1. The van der Waals surface area contributed by atoms with Crippen LogP contribution in [0.4, 0.5) is 4.79 Å². The molecular weight excluding hydrogens is 446 g/mol. The van der Waals surface area contributed by atoms with Gasteiger partial charge in [-0.15, -0.1) is 6.42 Å². The van der Waals surface area contributed by atoms with E-state index in [1.165, 1.54) is 4.90 Å². The maximum absolute atomic E-state index is 13.7. The number of ether oxygens (including phenoxy) is 1. The molecule has 1 aromatic carbocycles. The lowest BCUT2D eigenvalue weighted by molar-refractivity contribution is -0.143. The molecular formula is C27H41N3O5. The standard InChI is InChI=1S/C27H41N3O5/c1-8-11-17-30(25(33)22(18-31)29-26(34)35-27(5,6)7)23(24(32)28-19(4)14-9-2)21-16-13-12-15-20(21)10-3/h3,12-13,15-16,19,22-23,31H,8-9,11,14,17-18H2,1-2,4-7H3,(H,28,32)(H,29,34). The first-order valence-electron chi connectivity index (χ1n) is 12.3. The van der Waals surface area contributed by atoms with E-state index in [0.717, 1.165) is 19.3 Å². The fraction of sp³-hybridized carbons (Fsp3) is 0.593. The molecule has 0 radical (unpaired) electrons. The van der Waals surface area contributed by atoms with Crippen LogP contribution in [0.1, 0.15) is 84.4 Å². The normalized spacial score (nSPS) is 13.7. The Hall–Kier alpha value is -3.05. The molecule has 0 heterocycles. The van der Waals surface area contributed by atoms with Crippen molar-refractivity contribution in [2.75, 3.05) is 13.2 Å². The highest BCUT2D eigenvalue weighted by molar-refractivity contribution is 5.92. The van der Waals surface area contributed by atoms with Crippen molar-refractivity contribution in [1.82, 2.24) is 15.5 Å². The molecule has 0 aromatic heterocycles. The van der Waals surface area contributed by atoms with E-state index in [1.54, 1.807) is 45.0 Å². The highest BCUT2D eigenvalue weighted by Crippen LogP contribution is 2.26. The number of amides is 3. The summed E-state index contributed by atoms with van der Waals surface area (Å²) in [7, 11) is 0. The molecule has 3 N–H and O–H groups in total. The number of carbonyl (C=O) groups excluding carboxylic acids is 3. The Morgan fingerprint density at radius 2 is 1.80 bits per heavy atom. The largest absolute Gasteiger partial charge is 0.444 e. The van der Waals surface area contributed by atoms with Crippen LogP contribution in [0.15, 0.2) is 24.3 Å². The molecule has 194 valence electrons. The van der Waals surface area contributed by atoms with Gasteiger partial charge in [0.15, 0.2) is 0 Å². The number of alkyl carbamates (subject to hydrolysis) is 1. The Bertz CT molecular complexity index is 888. The smallest absolute Gasteiger partial charge is 0.408 e. The molecule has 0 bridgehead atoms. The van der Waals surface area contributed by atoms with Crippen molar-refractivity contribution < 1.29 is 24.2 Å². The molecule has 3 amide bonds. The zero-order valence-corrected chi connectivity index (χ0v) is 21.9. The van der Waals surface area contributed by atoms with Crippen molar-refractivity contribution in [3.63, 3.8) is 0 Å². The predicted octanol–water partition coefficient (Wildman–Crippen LogP) is 3.53. The number of rotatable bonds is 12. The second-order valence-electron chi connectivity index (χ2n) is 9.60. The van der Waals surface area contributed by atoms with Gasteiger partial charge in [-0.2, -0.15) is 0 Å². The van der Waals surface area contributed by atoms with Crippen molar-refractivity contribution in [2.45, 2.75) is 91.0 Å². The summed E-state index contributed by atoms with van der Waals surface area (Å²) in [6, 6.07) is 4.55. The van der Waals surface area contributed by atoms with E-state index >= 15 is 0 Å². The van der Waals surface area contributed by atoms with Crippen LogP contribution in [0.2, 0.25) is 0 Å². The van der Waals surface area contributed by atoms with Crippen LogP contribution in [0.5, 0.6) is 0 Å². The number of nitrogens with zero attached hydrogens (tertiary/aromatic N) is 1. The van der Waals surface area contributed by atoms with Gasteiger partial charge in [0.25, 0.3) is 0 Å². The molecule has 8 heteroatoms. The van der Waals surface area contributed by atoms with Gasteiger partial charge >= 0.3 is 6.09 Å². The van der Waals surface area contributed by atoms with E-state index in [2.05, 4.69) is 16.6 Å². The van der Waals surface area contributed by atoms with Gasteiger partial charge in [-0.05, 0) is 52.2 Å². The molecule has 1 rings (SSSR count). The first-order chi connectivity index (χ1) is 16.5. The van der Waals surface area contributed by atoms with E-state index in [1.807, 2.05) is 20.8 Å². The number of carbonyl (C=O) groups is 3. The van der Waals surface area contributed by atoms with Crippen LogP contribution in [0.25, 0.3) is 0 Å². The summed E-state index contributed by atoms with van der Waals surface area (Å²) in [6.07, 6.45) is 7.94. The van der Waals surface area contributed by atoms with Crippen LogP contribution >= 0.6 is 0 Å². The fourth-order valence-electron chi connectivity index (χ4n) is 3.67. The average molecular weight is 488 g/mol. The lowest BCUT2D eigenvalue weighted by atomic mass is 9.97. The molecule has 1 aromatic rings. The third-order valence-corrected chi connectivity index (χ3v) is 5.29. The van der Waals surface area contributed by atoms with Gasteiger partial charge < -0.3 is 25.4 Å². The van der Waals surface area contributed by atoms with Gasteiger partial charge in [0.05, 0.1) is 6.61 Å². The van der Waals surface area contributed by atoms with Gasteiger partial charge in [-0.3, -0.25) is 9.59 Å². The predicted molar refractivity (Wildman–Crippen MR) is 136 cm³/mol. The highest BCUT2D eigenvalue weighted by Gasteiger charge is 2.37. The van der Waals surface area contributed by atoms with Crippen LogP contribution in [-0.4, -0.2) is 58.8 Å². The number of hydrogen-bond donors (Lipinski definition) is 3. The van der Waals surface area contributed by atoms with Crippen LogP contribution in [-0.2, 0) is 14.3 Å². The maximum atomic E-state index is 13.7. The zero-order valence-electron chi connectivity index (χ0n) is 21.9. The molecule has 35 heavy (non-hydrogen) atoms. The Labute approximate surface area is 209 Å². The molecule has 0 fully saturated rings. The lowest BCUT2D eigenvalue weighted by Gasteiger charge is -2.35. The molecule has 0 spiro atoms. The minimum Gasteiger partial charge on any atom is -0.444 e. The monoisotopic (exact) mass is 487 g/mol. The number of aliphatic hydroxyl groups excluding tert-OH is 1. The van der Waals surface area contributed by atoms with Crippen molar-refractivity contribution in [3.05, 3.63) is 35.4 Å². The van der Waals surface area contributed by atoms with Crippen LogP contribution < -0.4 is 10.6 Å². The first-order valence-corrected chi connectivity index (χ1v) is 12.3. The molecule has 8 nitrogen and oxygen atoms in total. The van der Waals surface area contributed by atoms with E-state index in [-0.39, 0.29) is 18.5 Å². The van der Waals surface area contributed by atoms with Gasteiger partial charge in [0.2, 0.25) is 11.8 Å². The van der Waals surface area contributed by atoms with E-state index in [4.69, 9.17) is 11.2 Å². The number of hydrogen-bond acceptors (Lipinski definition) is 5. The first kappa shape index (κ1) is 30.0. The summed E-state index contributed by atoms with van der Waals surface area (Å²) in [5, 5.41) is 15.4. The summed E-state index contributed by atoms with van der Waals surface area (Å²) in [6.45, 7) is 10.6. The number of unbranched alkanes of at least 4 members (excludes halogenated alkanes) is 1. The topological polar surface area (TPSA) is 108 Å². The number of terminal acetylenes is 1. The third-order valence-electron chi connectivity index (χ3n) is 5.29. The quantitative estimate of drug-likeness (QED) is 0.391. The van der Waals surface area contributed by atoms with Gasteiger partial charge in [0, 0.05) is 18.2 Å². The van der Waals surface area contributed by atoms with E-state index in [0.29, 0.717) is 17.5 Å². The summed E-state index contributed by atoms with van der Waals surface area (Å²) in [5.74, 6) is 1.64. The van der Waals surface area contributed by atoms with Crippen molar-refractivity contribution in [1.29, 1.82) is 0 Å². The molecule has 3 atom stereocenters. The minimum atomic E-state index is -1.29. The Morgan fingerprint density at radius 1 is 1.14 bits per heavy atom. The highest BCUT2D eigenvalue weighted by atomic mass is 16.6. The second-order valence-corrected chi connectivity index (χ2v) is 9.60. The molecule has 0 aliphatic carbocycles. The molecule has 0 saturated heterocycles. The lowest BCUT2D eigenvalue weighted by Crippen LogP contribution is -2.55. The maximum Gasteiger partial charge on any atom is 0.408 e. The Kier molecular flexibility index (Phi) is 12.3. The van der Waals surface area contributed by atoms with Crippen LogP contribution in [0.3, 0.4) is 0 Å². The summed E-state index contributed by atoms with van der Waals surface area (Å²) >= 11 is 0. The number of nitrogens with one attached hydrogen (secondary N) is 2.